The van der Waals surface area contributed by atoms with E-state index >= 15 is 0 Å². The highest BCUT2D eigenvalue weighted by molar-refractivity contribution is 7.98. The van der Waals surface area contributed by atoms with Gasteiger partial charge in [0, 0.05) is 11.5 Å². The summed E-state index contributed by atoms with van der Waals surface area (Å²) in [7, 11) is 0. The first-order chi connectivity index (χ1) is 15.6. The smallest absolute Gasteiger partial charge is 0.262 e. The second-order valence-corrected chi connectivity index (χ2v) is 9.90. The molecule has 0 radical (unpaired) electrons. The zero-order valence-corrected chi connectivity index (χ0v) is 19.7. The Balaban J connectivity index is 1.41. The van der Waals surface area contributed by atoms with Gasteiger partial charge in [0.2, 0.25) is 5.89 Å². The van der Waals surface area contributed by atoms with Crippen molar-refractivity contribution in [3.63, 3.8) is 0 Å². The van der Waals surface area contributed by atoms with Gasteiger partial charge in [-0.25, -0.2) is 4.98 Å². The van der Waals surface area contributed by atoms with Gasteiger partial charge in [0.25, 0.3) is 11.4 Å². The van der Waals surface area contributed by atoms with Gasteiger partial charge in [-0.1, -0.05) is 30.8 Å². The summed E-state index contributed by atoms with van der Waals surface area (Å²) < 4.78 is 13.4. The molecule has 1 aliphatic heterocycles. The molecular formula is C23H24N4O3S2. The number of hydrogen-bond acceptors (Lipinski definition) is 8. The van der Waals surface area contributed by atoms with Crippen molar-refractivity contribution in [2.45, 2.75) is 56.7 Å². The third-order valence-electron chi connectivity index (χ3n) is 5.58. The SMILES string of the molecule is CCc1sc(-c2nnc(CSc3nc4ccccc4c(=O)n3CC3CCCO3)o2)cc1C. The van der Waals surface area contributed by atoms with Crippen molar-refractivity contribution in [1.82, 2.24) is 19.7 Å². The van der Waals surface area contributed by atoms with Crippen LogP contribution >= 0.6 is 23.1 Å². The van der Waals surface area contributed by atoms with E-state index in [0.29, 0.717) is 40.1 Å². The molecule has 5 rings (SSSR count). The van der Waals surface area contributed by atoms with Crippen LogP contribution in [0.1, 0.15) is 36.1 Å². The number of fused-ring (bicyclic) bond motifs is 1. The fourth-order valence-electron chi connectivity index (χ4n) is 3.92. The molecule has 0 saturated carbocycles. The highest BCUT2D eigenvalue weighted by Gasteiger charge is 2.21. The Morgan fingerprint density at radius 1 is 1.28 bits per heavy atom. The molecule has 1 unspecified atom stereocenters. The molecule has 1 saturated heterocycles. The minimum absolute atomic E-state index is 0.0408. The minimum atomic E-state index is -0.0408. The van der Waals surface area contributed by atoms with Crippen LogP contribution in [0, 0.1) is 6.92 Å². The number of thioether (sulfide) groups is 1. The van der Waals surface area contributed by atoms with Crippen molar-refractivity contribution >= 4 is 34.0 Å². The molecule has 9 heteroatoms. The predicted octanol–water partition coefficient (Wildman–Crippen LogP) is 4.85. The lowest BCUT2D eigenvalue weighted by Gasteiger charge is -2.16. The van der Waals surface area contributed by atoms with Crippen LogP contribution in [-0.4, -0.2) is 32.5 Å². The first-order valence-electron chi connectivity index (χ1n) is 10.8. The number of aromatic nitrogens is 4. The van der Waals surface area contributed by atoms with Gasteiger partial charge in [-0.05, 0) is 49.9 Å². The molecule has 0 aliphatic carbocycles. The second-order valence-electron chi connectivity index (χ2n) is 7.82. The summed E-state index contributed by atoms with van der Waals surface area (Å²) >= 11 is 3.13. The van der Waals surface area contributed by atoms with Gasteiger partial charge in [-0.3, -0.25) is 9.36 Å². The maximum Gasteiger partial charge on any atom is 0.262 e. The molecule has 1 aromatic carbocycles. The summed E-state index contributed by atoms with van der Waals surface area (Å²) in [4.78, 5) is 20.3. The lowest BCUT2D eigenvalue weighted by Crippen LogP contribution is -2.28. The summed E-state index contributed by atoms with van der Waals surface area (Å²) in [6.07, 6.45) is 3.01. The van der Waals surface area contributed by atoms with Crippen LogP contribution in [0.25, 0.3) is 21.7 Å². The number of ether oxygens (including phenoxy) is 1. The van der Waals surface area contributed by atoms with Gasteiger partial charge in [0.1, 0.15) is 0 Å². The molecule has 4 heterocycles. The average Bonchev–Trinajstić information content (AvgIpc) is 3.55. The molecule has 1 aliphatic rings. The fourth-order valence-corrected chi connectivity index (χ4v) is 5.81. The molecule has 32 heavy (non-hydrogen) atoms. The van der Waals surface area contributed by atoms with E-state index in [1.165, 1.54) is 22.2 Å². The van der Waals surface area contributed by atoms with Crippen molar-refractivity contribution in [3.05, 3.63) is 57.0 Å². The van der Waals surface area contributed by atoms with E-state index in [0.717, 1.165) is 30.7 Å². The standard InChI is InChI=1S/C23H24N4O3S2/c1-3-18-14(2)11-19(32-18)21-26-25-20(30-21)13-31-23-24-17-9-5-4-8-16(17)22(28)27(23)12-15-7-6-10-29-15/h4-5,8-9,11,15H,3,6-7,10,12-13H2,1-2H3. The van der Waals surface area contributed by atoms with Crippen LogP contribution in [-0.2, 0) is 23.5 Å². The highest BCUT2D eigenvalue weighted by atomic mass is 32.2. The fraction of sp³-hybridized carbons (Fsp3) is 0.391. The van der Waals surface area contributed by atoms with Crippen molar-refractivity contribution in [3.8, 4) is 10.8 Å². The van der Waals surface area contributed by atoms with Crippen molar-refractivity contribution < 1.29 is 9.15 Å². The van der Waals surface area contributed by atoms with Crippen LogP contribution in [0.2, 0.25) is 0 Å². The van der Waals surface area contributed by atoms with Crippen molar-refractivity contribution in [2.24, 2.45) is 0 Å². The Labute approximate surface area is 193 Å². The molecule has 3 aromatic heterocycles. The molecule has 0 bridgehead atoms. The lowest BCUT2D eigenvalue weighted by molar-refractivity contribution is 0.0937. The average molecular weight is 469 g/mol. The summed E-state index contributed by atoms with van der Waals surface area (Å²) in [6.45, 7) is 5.49. The Bertz CT molecular complexity index is 1300. The summed E-state index contributed by atoms with van der Waals surface area (Å²) in [5, 5.41) is 9.71. The normalized spacial score (nSPS) is 16.2. The Morgan fingerprint density at radius 2 is 2.16 bits per heavy atom. The maximum atomic E-state index is 13.2. The van der Waals surface area contributed by atoms with Gasteiger partial charge in [0.15, 0.2) is 5.16 Å². The van der Waals surface area contributed by atoms with Gasteiger partial charge in [-0.15, -0.1) is 21.5 Å². The van der Waals surface area contributed by atoms with Crippen LogP contribution in [0.3, 0.4) is 0 Å². The quantitative estimate of drug-likeness (QED) is 0.283. The van der Waals surface area contributed by atoms with Crippen molar-refractivity contribution in [2.75, 3.05) is 6.61 Å². The zero-order chi connectivity index (χ0) is 22.1. The maximum absolute atomic E-state index is 13.2. The largest absolute Gasteiger partial charge is 0.419 e. The predicted molar refractivity (Wildman–Crippen MR) is 126 cm³/mol. The number of hydrogen-bond donors (Lipinski definition) is 0. The highest BCUT2D eigenvalue weighted by Crippen LogP contribution is 2.32. The number of para-hydroxylation sites is 1. The van der Waals surface area contributed by atoms with Crippen LogP contribution in [0.15, 0.2) is 44.7 Å². The van der Waals surface area contributed by atoms with Gasteiger partial charge < -0.3 is 9.15 Å². The van der Waals surface area contributed by atoms with Crippen LogP contribution in [0.5, 0.6) is 0 Å². The summed E-state index contributed by atoms with van der Waals surface area (Å²) in [5.74, 6) is 1.49. The van der Waals surface area contributed by atoms with E-state index in [2.05, 4.69) is 30.1 Å². The number of thiophene rings is 1. The van der Waals surface area contributed by atoms with E-state index in [1.54, 1.807) is 15.9 Å². The second kappa shape index (κ2) is 9.17. The Kier molecular flexibility index (Phi) is 6.12. The number of benzene rings is 1. The number of aryl methyl sites for hydroxylation is 2. The third kappa shape index (κ3) is 4.24. The zero-order valence-electron chi connectivity index (χ0n) is 18.0. The third-order valence-corrected chi connectivity index (χ3v) is 7.91. The van der Waals surface area contributed by atoms with Crippen molar-refractivity contribution in [1.29, 1.82) is 0 Å². The molecule has 0 amide bonds. The Hall–Kier alpha value is -2.49. The molecule has 1 fully saturated rings. The van der Waals surface area contributed by atoms with Crippen LogP contribution in [0.4, 0.5) is 0 Å². The molecular weight excluding hydrogens is 444 g/mol. The molecule has 0 N–H and O–H groups in total. The van der Waals surface area contributed by atoms with E-state index in [1.807, 2.05) is 24.3 Å². The monoisotopic (exact) mass is 468 g/mol. The topological polar surface area (TPSA) is 83.0 Å². The molecule has 0 spiro atoms. The Morgan fingerprint density at radius 3 is 2.94 bits per heavy atom. The van der Waals surface area contributed by atoms with E-state index in [9.17, 15) is 4.79 Å². The first-order valence-corrected chi connectivity index (χ1v) is 12.6. The summed E-state index contributed by atoms with van der Waals surface area (Å²) in [6, 6.07) is 9.55. The van der Waals surface area contributed by atoms with Gasteiger partial charge >= 0.3 is 0 Å². The minimum Gasteiger partial charge on any atom is -0.419 e. The van der Waals surface area contributed by atoms with Gasteiger partial charge in [-0.2, -0.15) is 0 Å². The molecule has 1 atom stereocenters. The van der Waals surface area contributed by atoms with E-state index in [-0.39, 0.29) is 11.7 Å². The van der Waals surface area contributed by atoms with Gasteiger partial charge in [0.05, 0.1) is 34.2 Å². The molecule has 7 nitrogen and oxygen atoms in total. The molecule has 4 aromatic rings. The summed E-state index contributed by atoms with van der Waals surface area (Å²) in [5.41, 5.74) is 1.90. The van der Waals surface area contributed by atoms with E-state index < -0.39 is 0 Å². The lowest BCUT2D eigenvalue weighted by atomic mass is 10.2. The van der Waals surface area contributed by atoms with E-state index in [4.69, 9.17) is 14.1 Å². The molecule has 166 valence electrons. The van der Waals surface area contributed by atoms with Crippen LogP contribution < -0.4 is 5.56 Å². The first kappa shape index (κ1) is 21.4. The number of rotatable bonds is 7. The number of nitrogens with zero attached hydrogens (tertiary/aromatic N) is 4.